The third kappa shape index (κ3) is 4.13. The predicted octanol–water partition coefficient (Wildman–Crippen LogP) is 3.18. The molecule has 0 fully saturated rings. The van der Waals surface area contributed by atoms with Crippen molar-refractivity contribution in [1.29, 1.82) is 0 Å². The van der Waals surface area contributed by atoms with E-state index in [0.717, 1.165) is 17.1 Å². The molecule has 118 valence electrons. The highest BCUT2D eigenvalue weighted by molar-refractivity contribution is 6.31. The van der Waals surface area contributed by atoms with Crippen molar-refractivity contribution in [2.45, 2.75) is 12.6 Å². The number of nitrogens with one attached hydrogen (secondary N) is 1. The summed E-state index contributed by atoms with van der Waals surface area (Å²) >= 11 is 6.08. The van der Waals surface area contributed by atoms with Crippen molar-refractivity contribution in [3.8, 4) is 11.5 Å². The van der Waals surface area contributed by atoms with Crippen LogP contribution in [0.15, 0.2) is 42.5 Å². The number of halogens is 1. The summed E-state index contributed by atoms with van der Waals surface area (Å²) in [7, 11) is 3.25. The number of ether oxygens (including phenoxy) is 2. The van der Waals surface area contributed by atoms with Crippen molar-refractivity contribution < 1.29 is 14.6 Å². The lowest BCUT2D eigenvalue weighted by Gasteiger charge is -2.15. The standard InChI is InChI=1S/C17H20ClNO3/c1-21-13-7-8-17(22-2)12(9-13)10-19-11-16(20)14-5-3-4-6-15(14)18/h3-9,16,19-20H,10-11H2,1-2H3. The molecule has 0 aromatic heterocycles. The summed E-state index contributed by atoms with van der Waals surface area (Å²) in [6.45, 7) is 0.950. The van der Waals surface area contributed by atoms with Gasteiger partial charge in [-0.25, -0.2) is 0 Å². The van der Waals surface area contributed by atoms with Gasteiger partial charge >= 0.3 is 0 Å². The van der Waals surface area contributed by atoms with Crippen molar-refractivity contribution >= 4 is 11.6 Å². The van der Waals surface area contributed by atoms with Crippen molar-refractivity contribution in [3.63, 3.8) is 0 Å². The van der Waals surface area contributed by atoms with E-state index >= 15 is 0 Å². The number of aliphatic hydroxyl groups is 1. The molecule has 4 nitrogen and oxygen atoms in total. The number of hydrogen-bond donors (Lipinski definition) is 2. The van der Waals surface area contributed by atoms with Crippen molar-refractivity contribution in [2.75, 3.05) is 20.8 Å². The maximum absolute atomic E-state index is 10.2. The van der Waals surface area contributed by atoms with Crippen molar-refractivity contribution in [3.05, 3.63) is 58.6 Å². The Hall–Kier alpha value is -1.75. The van der Waals surface area contributed by atoms with Crippen LogP contribution in [0.3, 0.4) is 0 Å². The molecule has 0 saturated carbocycles. The van der Waals surface area contributed by atoms with Crippen LogP contribution in [-0.4, -0.2) is 25.9 Å². The zero-order valence-corrected chi connectivity index (χ0v) is 13.4. The van der Waals surface area contributed by atoms with Crippen LogP contribution in [0.25, 0.3) is 0 Å². The molecular formula is C17H20ClNO3. The first-order valence-electron chi connectivity index (χ1n) is 6.99. The third-order valence-electron chi connectivity index (χ3n) is 3.40. The zero-order valence-electron chi connectivity index (χ0n) is 12.7. The average molecular weight is 322 g/mol. The topological polar surface area (TPSA) is 50.7 Å². The SMILES string of the molecule is COc1ccc(OC)c(CNCC(O)c2ccccc2Cl)c1. The Kier molecular flexibility index (Phi) is 6.07. The molecule has 0 heterocycles. The van der Waals surface area contributed by atoms with Gasteiger partial charge in [-0.15, -0.1) is 0 Å². The molecule has 2 aromatic carbocycles. The number of methoxy groups -OCH3 is 2. The Morgan fingerprint density at radius 2 is 1.91 bits per heavy atom. The van der Waals surface area contributed by atoms with Crippen LogP contribution < -0.4 is 14.8 Å². The van der Waals surface area contributed by atoms with Crippen LogP contribution in [0.1, 0.15) is 17.2 Å². The second kappa shape index (κ2) is 8.03. The van der Waals surface area contributed by atoms with Crippen molar-refractivity contribution in [1.82, 2.24) is 5.32 Å². The molecule has 2 aromatic rings. The highest BCUT2D eigenvalue weighted by atomic mass is 35.5. The number of hydrogen-bond acceptors (Lipinski definition) is 4. The lowest BCUT2D eigenvalue weighted by Crippen LogP contribution is -2.21. The minimum atomic E-state index is -0.662. The Bertz CT molecular complexity index is 619. The van der Waals surface area contributed by atoms with Crippen LogP contribution in [0, 0.1) is 0 Å². The molecule has 0 aliphatic heterocycles. The average Bonchev–Trinajstić information content (AvgIpc) is 2.55. The van der Waals surface area contributed by atoms with Gasteiger partial charge in [0.15, 0.2) is 0 Å². The van der Waals surface area contributed by atoms with Crippen LogP contribution in [0.4, 0.5) is 0 Å². The molecule has 0 aliphatic rings. The predicted molar refractivity (Wildman–Crippen MR) is 87.7 cm³/mol. The van der Waals surface area contributed by atoms with E-state index in [-0.39, 0.29) is 0 Å². The quantitative estimate of drug-likeness (QED) is 0.822. The van der Waals surface area contributed by atoms with Gasteiger partial charge in [0.05, 0.1) is 20.3 Å². The first-order chi connectivity index (χ1) is 10.7. The minimum absolute atomic E-state index is 0.393. The molecule has 0 saturated heterocycles. The number of aliphatic hydroxyl groups excluding tert-OH is 1. The minimum Gasteiger partial charge on any atom is -0.497 e. The van der Waals surface area contributed by atoms with E-state index in [2.05, 4.69) is 5.32 Å². The first kappa shape index (κ1) is 16.6. The fourth-order valence-corrected chi connectivity index (χ4v) is 2.48. The summed E-state index contributed by atoms with van der Waals surface area (Å²) in [4.78, 5) is 0. The lowest BCUT2D eigenvalue weighted by molar-refractivity contribution is 0.174. The van der Waals surface area contributed by atoms with Gasteiger partial charge in [-0.3, -0.25) is 0 Å². The van der Waals surface area contributed by atoms with Crippen LogP contribution >= 0.6 is 11.6 Å². The summed E-state index contributed by atoms with van der Waals surface area (Å²) in [5, 5.41) is 14.0. The first-order valence-corrected chi connectivity index (χ1v) is 7.37. The molecular weight excluding hydrogens is 302 g/mol. The van der Waals surface area contributed by atoms with Gasteiger partial charge in [-0.2, -0.15) is 0 Å². The van der Waals surface area contributed by atoms with Gasteiger partial charge in [0.2, 0.25) is 0 Å². The molecule has 5 heteroatoms. The zero-order chi connectivity index (χ0) is 15.9. The molecule has 0 bridgehead atoms. The monoisotopic (exact) mass is 321 g/mol. The van der Waals surface area contributed by atoms with Gasteiger partial charge in [0.1, 0.15) is 11.5 Å². The van der Waals surface area contributed by atoms with Crippen LogP contribution in [0.5, 0.6) is 11.5 Å². The summed E-state index contributed by atoms with van der Waals surface area (Å²) in [6.07, 6.45) is -0.662. The number of rotatable bonds is 7. The molecule has 1 unspecified atom stereocenters. The highest BCUT2D eigenvalue weighted by Gasteiger charge is 2.11. The molecule has 0 aliphatic carbocycles. The molecule has 1 atom stereocenters. The number of benzene rings is 2. The van der Waals surface area contributed by atoms with E-state index in [1.54, 1.807) is 20.3 Å². The highest BCUT2D eigenvalue weighted by Crippen LogP contribution is 2.25. The molecule has 22 heavy (non-hydrogen) atoms. The fourth-order valence-electron chi connectivity index (χ4n) is 2.22. The molecule has 2 rings (SSSR count). The second-order valence-electron chi connectivity index (χ2n) is 4.85. The smallest absolute Gasteiger partial charge is 0.123 e. The normalized spacial score (nSPS) is 12.0. The maximum atomic E-state index is 10.2. The van der Waals surface area contributed by atoms with E-state index in [0.29, 0.717) is 23.7 Å². The van der Waals surface area contributed by atoms with Gasteiger partial charge < -0.3 is 19.9 Å². The summed E-state index contributed by atoms with van der Waals surface area (Å²) in [5.74, 6) is 1.55. The van der Waals surface area contributed by atoms with Gasteiger partial charge in [0, 0.05) is 29.2 Å². The Morgan fingerprint density at radius 3 is 2.59 bits per heavy atom. The van der Waals surface area contributed by atoms with E-state index < -0.39 is 6.10 Å². The third-order valence-corrected chi connectivity index (χ3v) is 3.75. The van der Waals surface area contributed by atoms with Crippen LogP contribution in [0.2, 0.25) is 5.02 Å². The molecule has 2 N–H and O–H groups in total. The summed E-state index contributed by atoms with van der Waals surface area (Å²) in [6, 6.07) is 12.9. The fraction of sp³-hybridized carbons (Fsp3) is 0.294. The Balaban J connectivity index is 1.97. The summed E-state index contributed by atoms with van der Waals surface area (Å²) in [5.41, 5.74) is 1.68. The largest absolute Gasteiger partial charge is 0.497 e. The Labute approximate surface area is 135 Å². The van der Waals surface area contributed by atoms with Gasteiger partial charge in [-0.05, 0) is 24.3 Å². The van der Waals surface area contributed by atoms with Crippen LogP contribution in [-0.2, 0) is 6.54 Å². The molecule has 0 amide bonds. The molecule has 0 spiro atoms. The lowest BCUT2D eigenvalue weighted by atomic mass is 10.1. The van der Waals surface area contributed by atoms with Crippen molar-refractivity contribution in [2.24, 2.45) is 0 Å². The van der Waals surface area contributed by atoms with E-state index in [1.807, 2.05) is 36.4 Å². The van der Waals surface area contributed by atoms with Gasteiger partial charge in [0.25, 0.3) is 0 Å². The van der Waals surface area contributed by atoms with E-state index in [4.69, 9.17) is 21.1 Å². The Morgan fingerprint density at radius 1 is 1.14 bits per heavy atom. The van der Waals surface area contributed by atoms with Gasteiger partial charge in [-0.1, -0.05) is 29.8 Å². The molecule has 0 radical (unpaired) electrons. The van der Waals surface area contributed by atoms with E-state index in [9.17, 15) is 5.11 Å². The second-order valence-corrected chi connectivity index (χ2v) is 5.25. The van der Waals surface area contributed by atoms with E-state index in [1.165, 1.54) is 0 Å². The maximum Gasteiger partial charge on any atom is 0.123 e. The summed E-state index contributed by atoms with van der Waals surface area (Å²) < 4.78 is 10.5.